The van der Waals surface area contributed by atoms with E-state index in [1.807, 2.05) is 30.3 Å². The van der Waals surface area contributed by atoms with Crippen molar-refractivity contribution in [2.45, 2.75) is 75.6 Å². The lowest BCUT2D eigenvalue weighted by atomic mass is 9.97. The van der Waals surface area contributed by atoms with Crippen LogP contribution in [0.15, 0.2) is 83.0 Å². The van der Waals surface area contributed by atoms with E-state index >= 15 is 0 Å². The first-order chi connectivity index (χ1) is 26.4. The largest absolute Gasteiger partial charge is 0.411 e. The van der Waals surface area contributed by atoms with E-state index in [0.29, 0.717) is 22.6 Å². The minimum absolute atomic E-state index is 0.0213. The zero-order valence-electron chi connectivity index (χ0n) is 31.2. The lowest BCUT2D eigenvalue weighted by molar-refractivity contribution is -0.129. The van der Waals surface area contributed by atoms with Crippen molar-refractivity contribution < 1.29 is 33.1 Å². The lowest BCUT2D eigenvalue weighted by Crippen LogP contribution is -2.57. The number of oxime groups is 1. The molecule has 3 heterocycles. The Morgan fingerprint density at radius 2 is 1.76 bits per heavy atom. The summed E-state index contributed by atoms with van der Waals surface area (Å²) in [4.78, 5) is 52.7. The van der Waals surface area contributed by atoms with Crippen molar-refractivity contribution in [1.82, 2.24) is 34.0 Å². The summed E-state index contributed by atoms with van der Waals surface area (Å²) in [6.07, 6.45) is 5.35. The number of pyridine rings is 1. The number of imidazole rings is 1. The number of rotatable bonds is 16. The number of hydrogen-bond donors (Lipinski definition) is 3. The van der Waals surface area contributed by atoms with E-state index in [-0.39, 0.29) is 43.4 Å². The number of carbonyl (C=O) groups excluding carboxylic acids is 3. The first-order valence-electron chi connectivity index (χ1n) is 18.5. The summed E-state index contributed by atoms with van der Waals surface area (Å²) < 4.78 is 31.3. The predicted octanol–water partition coefficient (Wildman–Crippen LogP) is 3.53. The van der Waals surface area contributed by atoms with Crippen LogP contribution in [0.5, 0.6) is 0 Å². The number of urea groups is 1. The third kappa shape index (κ3) is 8.87. The summed E-state index contributed by atoms with van der Waals surface area (Å²) in [6.45, 7) is 3.02. The molecule has 0 radical (unpaired) electrons. The van der Waals surface area contributed by atoms with Crippen molar-refractivity contribution in [1.29, 1.82) is 0 Å². The average molecular weight is 773 g/mol. The Morgan fingerprint density at radius 1 is 1.05 bits per heavy atom. The molecule has 16 heteroatoms. The first kappa shape index (κ1) is 39.5. The topological polar surface area (TPSA) is 191 Å². The number of carbonyl (C=O) groups is 3. The van der Waals surface area contributed by atoms with Crippen LogP contribution in [-0.4, -0.2) is 109 Å². The van der Waals surface area contributed by atoms with E-state index in [4.69, 9.17) is 5.21 Å². The molecule has 1 aliphatic carbocycles. The number of sulfonamides is 1. The van der Waals surface area contributed by atoms with Gasteiger partial charge in [-0.25, -0.2) is 23.2 Å². The Bertz CT molecular complexity index is 2120. The fraction of sp³-hybridized carbons (Fsp3) is 0.436. The summed E-state index contributed by atoms with van der Waals surface area (Å²) >= 11 is 0. The molecule has 15 nitrogen and oxygen atoms in total. The van der Waals surface area contributed by atoms with Crippen LogP contribution >= 0.6 is 0 Å². The van der Waals surface area contributed by atoms with Gasteiger partial charge in [-0.05, 0) is 66.5 Å². The highest BCUT2D eigenvalue weighted by Crippen LogP contribution is 2.29. The Morgan fingerprint density at radius 3 is 2.42 bits per heavy atom. The molecule has 0 spiro atoms. The van der Waals surface area contributed by atoms with Crippen LogP contribution in [0.4, 0.5) is 4.79 Å². The van der Waals surface area contributed by atoms with Crippen LogP contribution in [0.25, 0.3) is 11.2 Å². The zero-order valence-corrected chi connectivity index (χ0v) is 32.0. The number of aromatic nitrogens is 3. The molecule has 2 aliphatic rings. The van der Waals surface area contributed by atoms with Gasteiger partial charge in [0.05, 0.1) is 29.8 Å². The first-order valence-corrected chi connectivity index (χ1v) is 20.0. The molecular weight excluding hydrogens is 725 g/mol. The molecule has 55 heavy (non-hydrogen) atoms. The van der Waals surface area contributed by atoms with Crippen molar-refractivity contribution in [3.63, 3.8) is 0 Å². The number of aryl methyl sites for hydroxylation is 1. The Labute approximate surface area is 320 Å². The number of imide groups is 1. The van der Waals surface area contributed by atoms with Crippen molar-refractivity contribution in [3.8, 4) is 0 Å². The molecule has 1 saturated heterocycles. The summed E-state index contributed by atoms with van der Waals surface area (Å²) in [5, 5.41) is 26.8. The fourth-order valence-electron chi connectivity index (χ4n) is 7.54. The SMILES string of the molecule is CC(C)[C@@H](C(=O)N[C@@H](Cc1ccccc1)[C@H](O)CN(CC1CCCC1)S(=O)(=O)c1ccc(/C=N/O)cc1)N1CC(=O)N(Cc2nc3cccnc3n2C)C1=O. The van der Waals surface area contributed by atoms with Crippen LogP contribution in [-0.2, 0) is 39.6 Å². The standard InChI is InChI=1S/C39H48N8O7S/c1-26(2)36(47-25-35(49)46(39(47)51)24-34-42-31-14-9-19-40-37(31)44(34)3)38(50)43-32(20-27-10-5-4-6-11-27)33(48)23-45(22-29-12-7-8-13-29)55(53,54)30-17-15-28(16-18-30)21-41-52/h4-6,9-11,14-19,21,26,29,32-33,36,48,52H,7-8,12-13,20,22-25H2,1-3H3,(H,43,50)/b41-21+/t32-,33+,36-/m0/s1. The van der Waals surface area contributed by atoms with Crippen molar-refractivity contribution in [3.05, 3.63) is 89.9 Å². The van der Waals surface area contributed by atoms with Gasteiger partial charge < -0.3 is 25.1 Å². The number of amides is 4. The maximum Gasteiger partial charge on any atom is 0.328 e. The lowest BCUT2D eigenvalue weighted by Gasteiger charge is -2.34. The Balaban J connectivity index is 1.24. The van der Waals surface area contributed by atoms with Gasteiger partial charge in [0, 0.05) is 26.3 Å². The second-order valence-electron chi connectivity index (χ2n) is 14.7. The van der Waals surface area contributed by atoms with Crippen LogP contribution in [0.1, 0.15) is 56.5 Å². The van der Waals surface area contributed by atoms with Crippen LogP contribution in [0, 0.1) is 11.8 Å². The molecule has 1 saturated carbocycles. The number of nitrogens with zero attached hydrogens (tertiary/aromatic N) is 7. The van der Waals surface area contributed by atoms with Crippen LogP contribution in [0.3, 0.4) is 0 Å². The van der Waals surface area contributed by atoms with E-state index in [0.717, 1.165) is 36.1 Å². The normalized spacial score (nSPS) is 17.3. The molecule has 2 aromatic carbocycles. The number of fused-ring (bicyclic) bond motifs is 1. The summed E-state index contributed by atoms with van der Waals surface area (Å²) in [5.74, 6) is -0.910. The van der Waals surface area contributed by atoms with Gasteiger partial charge in [-0.3, -0.25) is 14.5 Å². The number of aliphatic hydroxyl groups is 1. The quantitative estimate of drug-likeness (QED) is 0.0662. The van der Waals surface area contributed by atoms with Gasteiger partial charge in [0.25, 0.3) is 5.91 Å². The van der Waals surface area contributed by atoms with Gasteiger partial charge in [-0.1, -0.05) is 74.3 Å². The zero-order chi connectivity index (χ0) is 39.3. The minimum Gasteiger partial charge on any atom is -0.411 e. The van der Waals surface area contributed by atoms with Crippen molar-refractivity contribution in [2.75, 3.05) is 19.6 Å². The third-order valence-electron chi connectivity index (χ3n) is 10.5. The highest BCUT2D eigenvalue weighted by atomic mass is 32.2. The molecule has 4 amide bonds. The van der Waals surface area contributed by atoms with E-state index in [2.05, 4.69) is 20.4 Å². The number of aliphatic hydroxyl groups excluding tert-OH is 1. The van der Waals surface area contributed by atoms with Gasteiger partial charge >= 0.3 is 6.03 Å². The second kappa shape index (κ2) is 17.1. The summed E-state index contributed by atoms with van der Waals surface area (Å²) in [7, 11) is -2.35. The van der Waals surface area contributed by atoms with Crippen LogP contribution in [0.2, 0.25) is 0 Å². The summed E-state index contributed by atoms with van der Waals surface area (Å²) in [5.41, 5.74) is 2.54. The maximum atomic E-state index is 14.3. The van der Waals surface area contributed by atoms with Gasteiger partial charge in [-0.15, -0.1) is 0 Å². The summed E-state index contributed by atoms with van der Waals surface area (Å²) in [6, 6.07) is 16.0. The molecule has 0 unspecified atom stereocenters. The maximum absolute atomic E-state index is 14.3. The number of benzene rings is 2. The highest BCUT2D eigenvalue weighted by Gasteiger charge is 2.45. The van der Waals surface area contributed by atoms with E-state index in [1.54, 1.807) is 43.8 Å². The van der Waals surface area contributed by atoms with E-state index in [1.165, 1.54) is 39.7 Å². The van der Waals surface area contributed by atoms with E-state index < -0.39 is 52.0 Å². The molecule has 2 aromatic heterocycles. The molecule has 1 aliphatic heterocycles. The van der Waals surface area contributed by atoms with Crippen LogP contribution < -0.4 is 5.32 Å². The van der Waals surface area contributed by atoms with Gasteiger partial charge in [0.15, 0.2) is 5.65 Å². The molecule has 3 N–H and O–H groups in total. The average Bonchev–Trinajstić information content (AvgIpc) is 3.87. The van der Waals surface area contributed by atoms with Gasteiger partial charge in [-0.2, -0.15) is 4.31 Å². The minimum atomic E-state index is -4.10. The third-order valence-corrected chi connectivity index (χ3v) is 12.3. The predicted molar refractivity (Wildman–Crippen MR) is 204 cm³/mol. The van der Waals surface area contributed by atoms with Gasteiger partial charge in [0.1, 0.15) is 23.9 Å². The van der Waals surface area contributed by atoms with Gasteiger partial charge in [0.2, 0.25) is 15.9 Å². The number of hydrogen-bond acceptors (Lipinski definition) is 10. The molecule has 292 valence electrons. The second-order valence-corrected chi connectivity index (χ2v) is 16.6. The Kier molecular flexibility index (Phi) is 12.3. The molecule has 0 bridgehead atoms. The highest BCUT2D eigenvalue weighted by molar-refractivity contribution is 7.89. The molecular formula is C39H48N8O7S. The fourth-order valence-corrected chi connectivity index (χ4v) is 9.07. The van der Waals surface area contributed by atoms with Crippen molar-refractivity contribution >= 4 is 45.2 Å². The molecule has 6 rings (SSSR count). The smallest absolute Gasteiger partial charge is 0.328 e. The monoisotopic (exact) mass is 772 g/mol. The number of nitrogens with one attached hydrogen (secondary N) is 1. The molecule has 2 fully saturated rings. The molecule has 4 aromatic rings. The van der Waals surface area contributed by atoms with Crippen molar-refractivity contribution in [2.24, 2.45) is 24.0 Å². The van der Waals surface area contributed by atoms with E-state index in [9.17, 15) is 27.9 Å². The Hall–Kier alpha value is -5.19. The molecule has 3 atom stereocenters.